The lowest BCUT2D eigenvalue weighted by atomic mass is 9.94. The highest BCUT2D eigenvalue weighted by molar-refractivity contribution is 4.95. The Balaban J connectivity index is 1.82. The van der Waals surface area contributed by atoms with Crippen LogP contribution in [0.4, 0.5) is 0 Å². The number of rotatable bonds is 4. The largest absolute Gasteiger partial charge is 0.395 e. The smallest absolute Gasteiger partial charge is 0.0584 e. The number of hydrogen-bond acceptors (Lipinski definition) is 2. The van der Waals surface area contributed by atoms with Gasteiger partial charge in [-0.2, -0.15) is 0 Å². The van der Waals surface area contributed by atoms with Crippen LogP contribution in [0, 0.1) is 11.8 Å². The maximum Gasteiger partial charge on any atom is 0.0584 e. The molecule has 2 N–H and O–H groups in total. The normalized spacial score (nSPS) is 39.7. The molecule has 0 aromatic heterocycles. The maximum absolute atomic E-state index is 9.09. The van der Waals surface area contributed by atoms with E-state index >= 15 is 0 Å². The van der Waals surface area contributed by atoms with E-state index in [9.17, 15) is 0 Å². The predicted octanol–water partition coefficient (Wildman–Crippen LogP) is 1.54. The van der Waals surface area contributed by atoms with Crippen molar-refractivity contribution < 1.29 is 5.11 Å². The van der Waals surface area contributed by atoms with Crippen LogP contribution in [0.2, 0.25) is 0 Å². The van der Waals surface area contributed by atoms with Crippen LogP contribution in [0.15, 0.2) is 0 Å². The average Bonchev–Trinajstić information content (AvgIpc) is 2.75. The maximum atomic E-state index is 9.09. The minimum atomic E-state index is 0.296. The average molecular weight is 183 g/mol. The molecule has 2 nitrogen and oxygen atoms in total. The number of nitrogens with one attached hydrogen (secondary N) is 1. The van der Waals surface area contributed by atoms with E-state index in [2.05, 4.69) is 12.2 Å². The number of hydrogen-bond donors (Lipinski definition) is 2. The van der Waals surface area contributed by atoms with Crippen molar-refractivity contribution in [3.05, 3.63) is 0 Å². The van der Waals surface area contributed by atoms with Crippen molar-refractivity contribution in [2.75, 3.05) is 6.61 Å². The van der Waals surface area contributed by atoms with Gasteiger partial charge < -0.3 is 10.4 Å². The standard InChI is InChI=1S/C11H21NO/c1-2-10(7-13)12-11-6-8-3-4-9(11)5-8/h8-13H,2-7H2,1H3/t8?,9?,10-,11?/m1/s1. The van der Waals surface area contributed by atoms with Crippen molar-refractivity contribution in [3.63, 3.8) is 0 Å². The molecule has 0 aromatic rings. The fraction of sp³-hybridized carbons (Fsp3) is 1.00. The molecule has 2 bridgehead atoms. The molecule has 2 fully saturated rings. The molecule has 2 heteroatoms. The zero-order valence-electron chi connectivity index (χ0n) is 8.50. The molecule has 2 saturated carbocycles. The number of aliphatic hydroxyl groups excluding tert-OH is 1. The van der Waals surface area contributed by atoms with Crippen molar-refractivity contribution in [2.24, 2.45) is 11.8 Å². The Morgan fingerprint density at radius 2 is 2.23 bits per heavy atom. The van der Waals surface area contributed by atoms with E-state index in [0.29, 0.717) is 12.6 Å². The molecule has 0 spiro atoms. The Morgan fingerprint density at radius 1 is 1.38 bits per heavy atom. The van der Waals surface area contributed by atoms with Crippen LogP contribution in [-0.4, -0.2) is 23.8 Å². The van der Waals surface area contributed by atoms with Crippen LogP contribution in [-0.2, 0) is 0 Å². The van der Waals surface area contributed by atoms with Gasteiger partial charge in [0.2, 0.25) is 0 Å². The van der Waals surface area contributed by atoms with Gasteiger partial charge in [0.15, 0.2) is 0 Å². The van der Waals surface area contributed by atoms with Crippen LogP contribution in [0.1, 0.15) is 39.0 Å². The van der Waals surface area contributed by atoms with Gasteiger partial charge in [-0.15, -0.1) is 0 Å². The van der Waals surface area contributed by atoms with E-state index in [0.717, 1.165) is 24.3 Å². The van der Waals surface area contributed by atoms with Gasteiger partial charge in [-0.25, -0.2) is 0 Å². The molecule has 0 saturated heterocycles. The summed E-state index contributed by atoms with van der Waals surface area (Å²) in [5, 5.41) is 12.7. The molecule has 13 heavy (non-hydrogen) atoms. The molecule has 2 rings (SSSR count). The Morgan fingerprint density at radius 3 is 2.69 bits per heavy atom. The van der Waals surface area contributed by atoms with Gasteiger partial charge in [0, 0.05) is 12.1 Å². The molecule has 0 radical (unpaired) electrons. The van der Waals surface area contributed by atoms with Gasteiger partial charge in [0.25, 0.3) is 0 Å². The van der Waals surface area contributed by atoms with Gasteiger partial charge in [0.05, 0.1) is 6.61 Å². The number of aliphatic hydroxyl groups is 1. The van der Waals surface area contributed by atoms with Crippen LogP contribution >= 0.6 is 0 Å². The van der Waals surface area contributed by atoms with Crippen molar-refractivity contribution in [1.82, 2.24) is 5.32 Å². The molecular weight excluding hydrogens is 162 g/mol. The second-order valence-corrected chi connectivity index (χ2v) is 4.74. The van der Waals surface area contributed by atoms with Crippen molar-refractivity contribution >= 4 is 0 Å². The van der Waals surface area contributed by atoms with E-state index in [4.69, 9.17) is 5.11 Å². The summed E-state index contributed by atoms with van der Waals surface area (Å²) in [5.41, 5.74) is 0. The van der Waals surface area contributed by atoms with Gasteiger partial charge in [0.1, 0.15) is 0 Å². The first-order valence-electron chi connectivity index (χ1n) is 5.70. The van der Waals surface area contributed by atoms with Crippen molar-refractivity contribution in [2.45, 2.75) is 51.1 Å². The third-order valence-electron chi connectivity index (χ3n) is 3.90. The van der Waals surface area contributed by atoms with E-state index in [1.165, 1.54) is 25.7 Å². The Hall–Kier alpha value is -0.0800. The monoisotopic (exact) mass is 183 g/mol. The van der Waals surface area contributed by atoms with Crippen LogP contribution < -0.4 is 5.32 Å². The molecular formula is C11H21NO. The van der Waals surface area contributed by atoms with Gasteiger partial charge >= 0.3 is 0 Å². The molecule has 0 aliphatic heterocycles. The van der Waals surface area contributed by atoms with Gasteiger partial charge in [-0.05, 0) is 37.5 Å². The molecule has 4 atom stereocenters. The van der Waals surface area contributed by atoms with Crippen molar-refractivity contribution in [1.29, 1.82) is 0 Å². The molecule has 2 aliphatic rings. The zero-order valence-corrected chi connectivity index (χ0v) is 8.50. The highest BCUT2D eigenvalue weighted by Crippen LogP contribution is 2.44. The highest BCUT2D eigenvalue weighted by Gasteiger charge is 2.39. The molecule has 76 valence electrons. The lowest BCUT2D eigenvalue weighted by Crippen LogP contribution is -2.42. The lowest BCUT2D eigenvalue weighted by molar-refractivity contribution is 0.210. The lowest BCUT2D eigenvalue weighted by Gasteiger charge is -2.27. The summed E-state index contributed by atoms with van der Waals surface area (Å²) in [6.07, 6.45) is 6.73. The molecule has 3 unspecified atom stereocenters. The molecule has 0 amide bonds. The minimum Gasteiger partial charge on any atom is -0.395 e. The summed E-state index contributed by atoms with van der Waals surface area (Å²) in [4.78, 5) is 0. The summed E-state index contributed by atoms with van der Waals surface area (Å²) >= 11 is 0. The second-order valence-electron chi connectivity index (χ2n) is 4.74. The van der Waals surface area contributed by atoms with E-state index in [-0.39, 0.29) is 0 Å². The Labute approximate surface area is 80.7 Å². The summed E-state index contributed by atoms with van der Waals surface area (Å²) in [6.45, 7) is 2.44. The fourth-order valence-corrected chi connectivity index (χ4v) is 3.05. The van der Waals surface area contributed by atoms with E-state index in [1.54, 1.807) is 0 Å². The quantitative estimate of drug-likeness (QED) is 0.693. The Bertz CT molecular complexity index is 167. The number of fused-ring (bicyclic) bond motifs is 2. The second kappa shape index (κ2) is 3.97. The molecule has 0 heterocycles. The first-order chi connectivity index (χ1) is 6.33. The SMILES string of the molecule is CC[C@H](CO)NC1CC2CCC1C2. The summed E-state index contributed by atoms with van der Waals surface area (Å²) in [5.74, 6) is 1.92. The molecule has 0 aromatic carbocycles. The summed E-state index contributed by atoms with van der Waals surface area (Å²) < 4.78 is 0. The topological polar surface area (TPSA) is 32.3 Å². The van der Waals surface area contributed by atoms with Gasteiger partial charge in [-0.3, -0.25) is 0 Å². The van der Waals surface area contributed by atoms with Gasteiger partial charge in [-0.1, -0.05) is 13.3 Å². The molecule has 2 aliphatic carbocycles. The first kappa shape index (κ1) is 9.47. The van der Waals surface area contributed by atoms with Crippen LogP contribution in [0.3, 0.4) is 0 Å². The summed E-state index contributed by atoms with van der Waals surface area (Å²) in [6, 6.07) is 1.06. The highest BCUT2D eigenvalue weighted by atomic mass is 16.3. The van der Waals surface area contributed by atoms with E-state index < -0.39 is 0 Å². The third kappa shape index (κ3) is 1.89. The zero-order chi connectivity index (χ0) is 9.26. The van der Waals surface area contributed by atoms with Crippen LogP contribution in [0.25, 0.3) is 0 Å². The third-order valence-corrected chi connectivity index (χ3v) is 3.90. The Kier molecular flexibility index (Phi) is 2.89. The van der Waals surface area contributed by atoms with Crippen molar-refractivity contribution in [3.8, 4) is 0 Å². The van der Waals surface area contributed by atoms with E-state index in [1.807, 2.05) is 0 Å². The predicted molar refractivity (Wildman–Crippen MR) is 53.5 cm³/mol. The summed E-state index contributed by atoms with van der Waals surface area (Å²) in [7, 11) is 0. The minimum absolute atomic E-state index is 0.296. The first-order valence-corrected chi connectivity index (χ1v) is 5.70. The fourth-order valence-electron chi connectivity index (χ4n) is 3.05. The van der Waals surface area contributed by atoms with Crippen LogP contribution in [0.5, 0.6) is 0 Å².